The van der Waals surface area contributed by atoms with Gasteiger partial charge in [-0.2, -0.15) is 16.8 Å². The Bertz CT molecular complexity index is 1200. The van der Waals surface area contributed by atoms with E-state index in [9.17, 15) is 71.6 Å². The van der Waals surface area contributed by atoms with E-state index < -0.39 is 139 Å². The van der Waals surface area contributed by atoms with Gasteiger partial charge in [-0.05, 0) is 0 Å². The number of ether oxygens (including phenoxy) is 5. The number of carbonyl (C=O) groups excluding carboxylic acids is 1. The fraction of sp³-hybridized carbons (Fsp3) is 0.950. The van der Waals surface area contributed by atoms with Gasteiger partial charge in [0, 0.05) is 6.92 Å². The SMILES string of the molecule is CC(=O)N[C@H]1[C@H](O[C@@H]2[C@H](OS(=O)(=O)O)[C@@H](O)[C@H](O[C@H]3[C@H](O)[C@@H](O)[C@H](O)O[C@@H]3CO)O[C@@H]2CO)O[C@H](CO)[C@H](O)[C@@H]1OS(=O)(=O)O. The third kappa shape index (κ3) is 9.41. The molecule has 264 valence electrons. The number of amides is 1. The van der Waals surface area contributed by atoms with Crippen LogP contribution in [0.2, 0.25) is 0 Å². The highest BCUT2D eigenvalue weighted by Gasteiger charge is 2.56. The molecule has 45 heavy (non-hydrogen) atoms. The van der Waals surface area contributed by atoms with Crippen molar-refractivity contribution in [3.63, 3.8) is 0 Å². The van der Waals surface area contributed by atoms with Gasteiger partial charge in [0.05, 0.1) is 19.8 Å². The molecule has 1 amide bonds. The second-order valence-electron chi connectivity index (χ2n) is 10.1. The Balaban J connectivity index is 1.99. The lowest BCUT2D eigenvalue weighted by molar-refractivity contribution is -0.369. The average molecular weight is 706 g/mol. The second-order valence-corrected chi connectivity index (χ2v) is 12.2. The molecule has 0 spiro atoms. The molecule has 0 aliphatic carbocycles. The molecule has 0 aromatic carbocycles. The number of rotatable bonds is 12. The molecule has 11 N–H and O–H groups in total. The van der Waals surface area contributed by atoms with Gasteiger partial charge in [0.25, 0.3) is 0 Å². The summed E-state index contributed by atoms with van der Waals surface area (Å²) in [7, 11) is -10.9. The number of aliphatic hydroxyl groups excluding tert-OH is 8. The van der Waals surface area contributed by atoms with Gasteiger partial charge in [-0.15, -0.1) is 0 Å². The van der Waals surface area contributed by atoms with Crippen LogP contribution < -0.4 is 5.32 Å². The summed E-state index contributed by atoms with van der Waals surface area (Å²) in [6.45, 7) is -2.19. The fourth-order valence-corrected chi connectivity index (χ4v) is 5.96. The van der Waals surface area contributed by atoms with Crippen molar-refractivity contribution in [2.75, 3.05) is 19.8 Å². The molecule has 25 heteroatoms. The van der Waals surface area contributed by atoms with Crippen molar-refractivity contribution in [2.24, 2.45) is 0 Å². The van der Waals surface area contributed by atoms with E-state index in [1.165, 1.54) is 0 Å². The van der Waals surface area contributed by atoms with Gasteiger partial charge < -0.3 is 69.9 Å². The largest absolute Gasteiger partial charge is 0.397 e. The predicted molar refractivity (Wildman–Crippen MR) is 134 cm³/mol. The topological polar surface area (TPSA) is 364 Å². The number of aliphatic hydroxyl groups is 8. The predicted octanol–water partition coefficient (Wildman–Crippen LogP) is -7.78. The molecule has 23 nitrogen and oxygen atoms in total. The maximum atomic E-state index is 11.9. The summed E-state index contributed by atoms with van der Waals surface area (Å²) in [5, 5.41) is 83.0. The van der Waals surface area contributed by atoms with E-state index >= 15 is 0 Å². The minimum atomic E-state index is -5.50. The zero-order valence-corrected chi connectivity index (χ0v) is 24.6. The third-order valence-electron chi connectivity index (χ3n) is 6.91. The zero-order chi connectivity index (χ0) is 34.0. The minimum absolute atomic E-state index is 0.918. The quantitative estimate of drug-likeness (QED) is 0.0840. The van der Waals surface area contributed by atoms with Crippen molar-refractivity contribution in [1.82, 2.24) is 5.32 Å². The third-order valence-corrected chi connectivity index (χ3v) is 7.84. The summed E-state index contributed by atoms with van der Waals surface area (Å²) in [6, 6.07) is -1.90. The number of carbonyl (C=O) groups is 1. The van der Waals surface area contributed by atoms with Crippen LogP contribution in [0.1, 0.15) is 6.92 Å². The molecular formula is C20H35NO22S2. The van der Waals surface area contributed by atoms with E-state index in [2.05, 4.69) is 13.7 Å². The van der Waals surface area contributed by atoms with Crippen molar-refractivity contribution < 1.29 is 104 Å². The highest BCUT2D eigenvalue weighted by molar-refractivity contribution is 7.81. The van der Waals surface area contributed by atoms with E-state index in [0.29, 0.717) is 0 Å². The summed E-state index contributed by atoms with van der Waals surface area (Å²) >= 11 is 0. The Kier molecular flexibility index (Phi) is 12.9. The molecule has 3 rings (SSSR count). The molecule has 0 radical (unpaired) electrons. The molecule has 0 aromatic rings. The van der Waals surface area contributed by atoms with Crippen molar-refractivity contribution >= 4 is 26.7 Å². The maximum Gasteiger partial charge on any atom is 0.397 e. The lowest BCUT2D eigenvalue weighted by Gasteiger charge is -2.49. The number of hydrogen-bond donors (Lipinski definition) is 11. The monoisotopic (exact) mass is 705 g/mol. The minimum Gasteiger partial charge on any atom is -0.394 e. The van der Waals surface area contributed by atoms with Gasteiger partial charge in [-0.3, -0.25) is 13.9 Å². The van der Waals surface area contributed by atoms with Crippen LogP contribution in [-0.2, 0) is 57.6 Å². The fourth-order valence-electron chi connectivity index (χ4n) is 4.94. The maximum absolute atomic E-state index is 11.9. The Labute approximate surface area is 254 Å². The first-order valence-corrected chi connectivity index (χ1v) is 15.6. The van der Waals surface area contributed by atoms with Crippen LogP contribution in [0.15, 0.2) is 0 Å². The van der Waals surface area contributed by atoms with Crippen LogP contribution in [0.3, 0.4) is 0 Å². The smallest absolute Gasteiger partial charge is 0.394 e. The van der Waals surface area contributed by atoms with E-state index in [1.807, 2.05) is 0 Å². The molecule has 3 aliphatic rings. The van der Waals surface area contributed by atoms with E-state index in [4.69, 9.17) is 23.7 Å². The number of nitrogens with one attached hydrogen (secondary N) is 1. The van der Waals surface area contributed by atoms with E-state index in [-0.39, 0.29) is 0 Å². The van der Waals surface area contributed by atoms with Crippen LogP contribution in [0, 0.1) is 0 Å². The van der Waals surface area contributed by atoms with Crippen molar-refractivity contribution in [3.05, 3.63) is 0 Å². The standard InChI is InChI=1S/C20H35NO22S2/c1-5(25)21-9-16(42-44(31,32)33)10(26)6(2-22)38-19(9)41-15-8(4-24)39-20(13(29)17(15)43-45(34,35)36)40-14-7(3-23)37-18(30)12(28)11(14)27/h6-20,22-24,26-30H,2-4H2,1H3,(H,21,25)(H,31,32,33)(H,34,35,36)/t6-,7-,8-,9-,10+,11-,12-,13-,14-,15+,16-,17-,18-,19+,20+/m1/s1. The van der Waals surface area contributed by atoms with Crippen LogP contribution in [0.4, 0.5) is 0 Å². The lowest BCUT2D eigenvalue weighted by Crippen LogP contribution is -2.69. The average Bonchev–Trinajstić information content (AvgIpc) is 2.93. The van der Waals surface area contributed by atoms with Gasteiger partial charge in [0.2, 0.25) is 5.91 Å². The van der Waals surface area contributed by atoms with Crippen molar-refractivity contribution in [3.8, 4) is 0 Å². The molecule has 3 saturated heterocycles. The lowest BCUT2D eigenvalue weighted by atomic mass is 9.95. The van der Waals surface area contributed by atoms with Gasteiger partial charge in [-0.1, -0.05) is 0 Å². The molecule has 0 saturated carbocycles. The summed E-state index contributed by atoms with van der Waals surface area (Å²) in [6.07, 6.45) is -28.1. The summed E-state index contributed by atoms with van der Waals surface area (Å²) in [4.78, 5) is 11.9. The Hall–Kier alpha value is -1.31. The molecule has 3 heterocycles. The molecule has 0 bridgehead atoms. The molecule has 3 fully saturated rings. The molecular weight excluding hydrogens is 670 g/mol. The van der Waals surface area contributed by atoms with Crippen molar-refractivity contribution in [1.29, 1.82) is 0 Å². The van der Waals surface area contributed by atoms with Gasteiger partial charge in [0.1, 0.15) is 73.2 Å². The Morgan fingerprint density at radius 1 is 0.644 bits per heavy atom. The molecule has 0 aromatic heterocycles. The Morgan fingerprint density at radius 3 is 1.64 bits per heavy atom. The van der Waals surface area contributed by atoms with Crippen LogP contribution in [0.25, 0.3) is 0 Å². The summed E-state index contributed by atoms with van der Waals surface area (Å²) in [5.74, 6) is -0.923. The van der Waals surface area contributed by atoms with E-state index in [0.717, 1.165) is 6.92 Å². The first-order valence-electron chi connectivity index (χ1n) is 12.9. The zero-order valence-electron chi connectivity index (χ0n) is 23.0. The van der Waals surface area contributed by atoms with E-state index in [1.54, 1.807) is 0 Å². The van der Waals surface area contributed by atoms with Gasteiger partial charge in [-0.25, -0.2) is 8.37 Å². The first-order chi connectivity index (χ1) is 20.8. The van der Waals surface area contributed by atoms with Crippen molar-refractivity contribution in [2.45, 2.75) is 99.0 Å². The molecule has 3 aliphatic heterocycles. The highest BCUT2D eigenvalue weighted by atomic mass is 32.3. The second kappa shape index (κ2) is 15.3. The Morgan fingerprint density at radius 2 is 1.13 bits per heavy atom. The van der Waals surface area contributed by atoms with Crippen LogP contribution in [-0.4, -0.2) is 185 Å². The summed E-state index contributed by atoms with van der Waals surface area (Å²) in [5.41, 5.74) is 0. The molecule has 15 atom stereocenters. The van der Waals surface area contributed by atoms with Gasteiger partial charge in [0.15, 0.2) is 18.9 Å². The summed E-state index contributed by atoms with van der Waals surface area (Å²) < 4.78 is 101. The normalized spacial score (nSPS) is 43.1. The highest BCUT2D eigenvalue weighted by Crippen LogP contribution is 2.34. The van der Waals surface area contributed by atoms with Crippen LogP contribution in [0.5, 0.6) is 0 Å². The molecule has 0 unspecified atom stereocenters. The van der Waals surface area contributed by atoms with Crippen LogP contribution >= 0.6 is 0 Å². The number of hydrogen-bond acceptors (Lipinski definition) is 20. The first kappa shape index (κ1) is 38.1. The van der Waals surface area contributed by atoms with Gasteiger partial charge >= 0.3 is 20.8 Å².